The van der Waals surface area contributed by atoms with Crippen molar-refractivity contribution in [2.45, 2.75) is 19.9 Å². The molecule has 3 rings (SSSR count). The molecule has 1 amide bonds. The Morgan fingerprint density at radius 2 is 2.22 bits per heavy atom. The van der Waals surface area contributed by atoms with E-state index in [1.54, 1.807) is 23.1 Å². The standard InChI is InChI=1S/C17H19N3OS2/c1-2-15(21)20-8-9-22-16(20)10-14-12-23-17(19-14)18-11-13-6-4-3-5-7-13/h3-7,10,12H,2,8-9,11H2,1H3,(H,18,19)/b16-10+. The lowest BCUT2D eigenvalue weighted by molar-refractivity contribution is -0.128. The van der Waals surface area contributed by atoms with Gasteiger partial charge < -0.3 is 10.2 Å². The zero-order valence-corrected chi connectivity index (χ0v) is 14.6. The maximum atomic E-state index is 11.9. The van der Waals surface area contributed by atoms with E-state index in [4.69, 9.17) is 0 Å². The summed E-state index contributed by atoms with van der Waals surface area (Å²) in [6.45, 7) is 3.46. The van der Waals surface area contributed by atoms with Gasteiger partial charge in [-0.05, 0) is 11.6 Å². The van der Waals surface area contributed by atoms with E-state index in [2.05, 4.69) is 22.4 Å². The molecule has 0 bridgehead atoms. The van der Waals surface area contributed by atoms with E-state index in [1.807, 2.05) is 41.5 Å². The molecule has 0 aliphatic carbocycles. The lowest BCUT2D eigenvalue weighted by atomic mass is 10.2. The number of thiazole rings is 1. The maximum absolute atomic E-state index is 11.9. The molecule has 2 aromatic rings. The molecule has 0 radical (unpaired) electrons. The molecule has 1 N–H and O–H groups in total. The fourth-order valence-corrected chi connectivity index (χ4v) is 4.02. The van der Waals surface area contributed by atoms with E-state index < -0.39 is 0 Å². The second-order valence-corrected chi connectivity index (χ2v) is 7.12. The van der Waals surface area contributed by atoms with Crippen LogP contribution in [0.4, 0.5) is 5.13 Å². The van der Waals surface area contributed by atoms with E-state index >= 15 is 0 Å². The number of anilines is 1. The van der Waals surface area contributed by atoms with Crippen molar-refractivity contribution in [1.82, 2.24) is 9.88 Å². The van der Waals surface area contributed by atoms with Crippen molar-refractivity contribution in [3.63, 3.8) is 0 Å². The van der Waals surface area contributed by atoms with Crippen LogP contribution in [0.3, 0.4) is 0 Å². The highest BCUT2D eigenvalue weighted by molar-refractivity contribution is 8.03. The smallest absolute Gasteiger partial charge is 0.227 e. The monoisotopic (exact) mass is 345 g/mol. The van der Waals surface area contributed by atoms with Crippen LogP contribution in [0.15, 0.2) is 40.7 Å². The van der Waals surface area contributed by atoms with Crippen LogP contribution < -0.4 is 5.32 Å². The SMILES string of the molecule is CCC(=O)N1CCS/C1=C/c1csc(NCc2ccccc2)n1. The fraction of sp³-hybridized carbons (Fsp3) is 0.294. The van der Waals surface area contributed by atoms with Gasteiger partial charge in [0.2, 0.25) is 5.91 Å². The normalized spacial score (nSPS) is 16.0. The molecule has 1 aromatic heterocycles. The van der Waals surface area contributed by atoms with Crippen LogP contribution in [-0.2, 0) is 11.3 Å². The van der Waals surface area contributed by atoms with Crippen LogP contribution in [-0.4, -0.2) is 28.1 Å². The number of hydrogen-bond donors (Lipinski definition) is 1. The Balaban J connectivity index is 1.65. The summed E-state index contributed by atoms with van der Waals surface area (Å²) in [5, 5.41) is 7.27. The Morgan fingerprint density at radius 3 is 3.00 bits per heavy atom. The molecule has 0 spiro atoms. The first-order valence-corrected chi connectivity index (χ1v) is 9.51. The zero-order valence-electron chi connectivity index (χ0n) is 13.0. The molecule has 4 nitrogen and oxygen atoms in total. The Kier molecular flexibility index (Phi) is 5.35. The van der Waals surface area contributed by atoms with Gasteiger partial charge in [0, 0.05) is 30.6 Å². The van der Waals surface area contributed by atoms with Gasteiger partial charge >= 0.3 is 0 Å². The number of amides is 1. The number of carbonyl (C=O) groups is 1. The molecule has 2 heterocycles. The predicted octanol–water partition coefficient (Wildman–Crippen LogP) is 4.04. The van der Waals surface area contributed by atoms with Crippen LogP contribution in [0.2, 0.25) is 0 Å². The summed E-state index contributed by atoms with van der Waals surface area (Å²) in [7, 11) is 0. The number of nitrogens with zero attached hydrogens (tertiary/aromatic N) is 2. The van der Waals surface area contributed by atoms with Gasteiger partial charge in [-0.1, -0.05) is 37.3 Å². The molecule has 120 valence electrons. The van der Waals surface area contributed by atoms with E-state index in [-0.39, 0.29) is 5.91 Å². The molecule has 6 heteroatoms. The van der Waals surface area contributed by atoms with Crippen LogP contribution in [0.25, 0.3) is 6.08 Å². The molecule has 23 heavy (non-hydrogen) atoms. The molecule has 1 fully saturated rings. The summed E-state index contributed by atoms with van der Waals surface area (Å²) in [5.74, 6) is 1.14. The van der Waals surface area contributed by atoms with Crippen LogP contribution in [0.1, 0.15) is 24.6 Å². The average molecular weight is 345 g/mol. The summed E-state index contributed by atoms with van der Waals surface area (Å²) < 4.78 is 0. The summed E-state index contributed by atoms with van der Waals surface area (Å²) in [4.78, 5) is 18.4. The Labute approximate surface area is 144 Å². The van der Waals surface area contributed by atoms with Crippen LogP contribution in [0, 0.1) is 0 Å². The summed E-state index contributed by atoms with van der Waals surface area (Å²) in [6.07, 6.45) is 2.55. The van der Waals surface area contributed by atoms with Gasteiger partial charge in [0.25, 0.3) is 0 Å². The van der Waals surface area contributed by atoms with E-state index in [0.717, 1.165) is 34.7 Å². The third-order valence-electron chi connectivity index (χ3n) is 3.51. The largest absolute Gasteiger partial charge is 0.357 e. The molecule has 1 saturated heterocycles. The molecule has 0 atom stereocenters. The zero-order chi connectivity index (χ0) is 16.1. The van der Waals surface area contributed by atoms with Crippen molar-refractivity contribution in [3.05, 3.63) is 52.0 Å². The Morgan fingerprint density at radius 1 is 1.39 bits per heavy atom. The lowest BCUT2D eigenvalue weighted by Crippen LogP contribution is -2.25. The number of carbonyl (C=O) groups excluding carboxylic acids is 1. The third-order valence-corrected chi connectivity index (χ3v) is 5.35. The molecular formula is C17H19N3OS2. The van der Waals surface area contributed by atoms with Gasteiger partial charge in [0.05, 0.1) is 10.7 Å². The van der Waals surface area contributed by atoms with Crippen molar-refractivity contribution in [2.75, 3.05) is 17.6 Å². The number of nitrogens with one attached hydrogen (secondary N) is 1. The first-order chi connectivity index (χ1) is 11.3. The molecule has 0 saturated carbocycles. The highest BCUT2D eigenvalue weighted by Crippen LogP contribution is 2.31. The minimum atomic E-state index is 0.180. The first-order valence-electron chi connectivity index (χ1n) is 7.64. The third kappa shape index (κ3) is 4.14. The van der Waals surface area contributed by atoms with Gasteiger partial charge in [-0.15, -0.1) is 23.1 Å². The highest BCUT2D eigenvalue weighted by atomic mass is 32.2. The van der Waals surface area contributed by atoms with Crippen molar-refractivity contribution in [1.29, 1.82) is 0 Å². The molecule has 0 unspecified atom stereocenters. The first kappa shape index (κ1) is 16.1. The second-order valence-electron chi connectivity index (χ2n) is 5.15. The molecule has 1 aliphatic rings. The van der Waals surface area contributed by atoms with E-state index in [9.17, 15) is 4.79 Å². The quantitative estimate of drug-likeness (QED) is 0.888. The van der Waals surface area contributed by atoms with Gasteiger partial charge in [-0.25, -0.2) is 4.98 Å². The van der Waals surface area contributed by atoms with Gasteiger partial charge in [-0.3, -0.25) is 4.79 Å². The minimum absolute atomic E-state index is 0.180. The van der Waals surface area contributed by atoms with Crippen molar-refractivity contribution >= 4 is 40.2 Å². The van der Waals surface area contributed by atoms with Gasteiger partial charge in [-0.2, -0.15) is 0 Å². The maximum Gasteiger partial charge on any atom is 0.227 e. The molecule has 1 aromatic carbocycles. The van der Waals surface area contributed by atoms with E-state index in [1.165, 1.54) is 5.56 Å². The number of thioether (sulfide) groups is 1. The number of hydrogen-bond acceptors (Lipinski definition) is 5. The van der Waals surface area contributed by atoms with Crippen LogP contribution >= 0.6 is 23.1 Å². The van der Waals surface area contributed by atoms with Crippen molar-refractivity contribution < 1.29 is 4.79 Å². The number of aromatic nitrogens is 1. The molecular weight excluding hydrogens is 326 g/mol. The second kappa shape index (κ2) is 7.66. The molecule has 1 aliphatic heterocycles. The van der Waals surface area contributed by atoms with Gasteiger partial charge in [0.15, 0.2) is 5.13 Å². The summed E-state index contributed by atoms with van der Waals surface area (Å²) in [5.41, 5.74) is 2.14. The Hall–Kier alpha value is -1.79. The fourth-order valence-electron chi connectivity index (χ4n) is 2.32. The van der Waals surface area contributed by atoms with Crippen molar-refractivity contribution in [2.24, 2.45) is 0 Å². The minimum Gasteiger partial charge on any atom is -0.357 e. The summed E-state index contributed by atoms with van der Waals surface area (Å²) >= 11 is 3.31. The topological polar surface area (TPSA) is 45.2 Å². The predicted molar refractivity (Wildman–Crippen MR) is 98.3 cm³/mol. The van der Waals surface area contributed by atoms with Crippen molar-refractivity contribution in [3.8, 4) is 0 Å². The lowest BCUT2D eigenvalue weighted by Gasteiger charge is -2.15. The van der Waals surface area contributed by atoms with E-state index in [0.29, 0.717) is 6.42 Å². The average Bonchev–Trinajstić information content (AvgIpc) is 3.23. The van der Waals surface area contributed by atoms with Crippen LogP contribution in [0.5, 0.6) is 0 Å². The van der Waals surface area contributed by atoms with Gasteiger partial charge in [0.1, 0.15) is 0 Å². The summed E-state index contributed by atoms with van der Waals surface area (Å²) in [6, 6.07) is 10.3. The highest BCUT2D eigenvalue weighted by Gasteiger charge is 2.22. The number of benzene rings is 1. The number of rotatable bonds is 5. The Bertz CT molecular complexity index is 697.